The van der Waals surface area contributed by atoms with Crippen LogP contribution in [0, 0.1) is 0 Å². The van der Waals surface area contributed by atoms with E-state index < -0.39 is 5.60 Å². The maximum Gasteiger partial charge on any atom is 0.317 e. The van der Waals surface area contributed by atoms with E-state index in [4.69, 9.17) is 0 Å². The Morgan fingerprint density at radius 3 is 2.57 bits per heavy atom. The van der Waals surface area contributed by atoms with Gasteiger partial charge < -0.3 is 15.3 Å². The molecule has 0 spiro atoms. The number of hydrogen-bond acceptors (Lipinski definition) is 2. The number of rotatable bonds is 2. The summed E-state index contributed by atoms with van der Waals surface area (Å²) in [6.45, 7) is 5.90. The van der Waals surface area contributed by atoms with Crippen LogP contribution in [-0.4, -0.2) is 41.3 Å². The van der Waals surface area contributed by atoms with Crippen LogP contribution in [0.25, 0.3) is 0 Å². The van der Waals surface area contributed by atoms with Crippen molar-refractivity contribution < 1.29 is 9.90 Å². The van der Waals surface area contributed by atoms with Crippen LogP contribution in [0.1, 0.15) is 33.1 Å². The van der Waals surface area contributed by atoms with Crippen LogP contribution < -0.4 is 5.32 Å². The van der Waals surface area contributed by atoms with E-state index in [1.54, 1.807) is 4.90 Å². The lowest BCUT2D eigenvalue weighted by atomic mass is 9.94. The number of nitrogens with one attached hydrogen (secondary N) is 1. The minimum Gasteiger partial charge on any atom is -0.390 e. The lowest BCUT2D eigenvalue weighted by molar-refractivity contribution is 0.00442. The van der Waals surface area contributed by atoms with Crippen molar-refractivity contribution in [3.8, 4) is 0 Å². The number of carbonyl (C=O) groups excluding carboxylic acids is 1. The molecule has 0 bridgehead atoms. The molecule has 0 radical (unpaired) electrons. The molecule has 82 valence electrons. The van der Waals surface area contributed by atoms with Crippen molar-refractivity contribution >= 4 is 6.03 Å². The van der Waals surface area contributed by atoms with Gasteiger partial charge in [0.25, 0.3) is 0 Å². The van der Waals surface area contributed by atoms with E-state index in [-0.39, 0.29) is 6.03 Å². The molecule has 0 aromatic heterocycles. The number of nitrogens with zero attached hydrogens (tertiary/aromatic N) is 1. The predicted molar refractivity (Wildman–Crippen MR) is 55.1 cm³/mol. The summed E-state index contributed by atoms with van der Waals surface area (Å²) in [6.07, 6.45) is 2.30. The Balaban J connectivity index is 2.30. The van der Waals surface area contributed by atoms with E-state index >= 15 is 0 Å². The van der Waals surface area contributed by atoms with Crippen molar-refractivity contribution in [3.63, 3.8) is 0 Å². The molecule has 2 N–H and O–H groups in total. The van der Waals surface area contributed by atoms with Crippen LogP contribution in [0.5, 0.6) is 0 Å². The Morgan fingerprint density at radius 2 is 2.07 bits per heavy atom. The summed E-state index contributed by atoms with van der Waals surface area (Å²) in [5.74, 6) is 0. The molecule has 4 nitrogen and oxygen atoms in total. The molecular weight excluding hydrogens is 180 g/mol. The van der Waals surface area contributed by atoms with Crippen molar-refractivity contribution in [1.82, 2.24) is 10.2 Å². The van der Waals surface area contributed by atoms with Gasteiger partial charge in [-0.15, -0.1) is 0 Å². The first-order valence-corrected chi connectivity index (χ1v) is 5.30. The molecule has 1 saturated heterocycles. The molecule has 0 unspecified atom stereocenters. The Bertz CT molecular complexity index is 194. The summed E-state index contributed by atoms with van der Waals surface area (Å²) >= 11 is 0. The third-order valence-corrected chi connectivity index (χ3v) is 2.65. The van der Waals surface area contributed by atoms with E-state index in [1.807, 2.05) is 13.8 Å². The highest BCUT2D eigenvalue weighted by Gasteiger charge is 2.29. The van der Waals surface area contributed by atoms with E-state index in [0.29, 0.717) is 25.9 Å². The number of aliphatic hydroxyl groups is 1. The van der Waals surface area contributed by atoms with Gasteiger partial charge in [-0.05, 0) is 26.2 Å². The molecule has 0 aliphatic carbocycles. The van der Waals surface area contributed by atoms with Crippen LogP contribution in [0.4, 0.5) is 4.79 Å². The van der Waals surface area contributed by atoms with Gasteiger partial charge in [-0.2, -0.15) is 0 Å². The highest BCUT2D eigenvalue weighted by atomic mass is 16.3. The smallest absolute Gasteiger partial charge is 0.317 e. The summed E-state index contributed by atoms with van der Waals surface area (Å²) < 4.78 is 0. The average Bonchev–Trinajstić information content (AvgIpc) is 2.14. The second-order valence-corrected chi connectivity index (χ2v) is 4.22. The first-order valence-electron chi connectivity index (χ1n) is 5.30. The van der Waals surface area contributed by atoms with Crippen LogP contribution in [0.2, 0.25) is 0 Å². The fraction of sp³-hybridized carbons (Fsp3) is 0.900. The minimum atomic E-state index is -0.582. The largest absolute Gasteiger partial charge is 0.390 e. The Labute approximate surface area is 85.3 Å². The maximum absolute atomic E-state index is 11.5. The summed E-state index contributed by atoms with van der Waals surface area (Å²) in [5.41, 5.74) is -0.582. The molecule has 14 heavy (non-hydrogen) atoms. The van der Waals surface area contributed by atoms with Crippen molar-refractivity contribution in [1.29, 1.82) is 0 Å². The zero-order valence-corrected chi connectivity index (χ0v) is 9.05. The Hall–Kier alpha value is -0.770. The van der Waals surface area contributed by atoms with Gasteiger partial charge in [-0.3, -0.25) is 0 Å². The first-order chi connectivity index (χ1) is 6.55. The number of piperidine rings is 1. The summed E-state index contributed by atoms with van der Waals surface area (Å²) in [4.78, 5) is 13.3. The molecule has 1 heterocycles. The molecule has 1 aliphatic heterocycles. The van der Waals surface area contributed by atoms with Crippen LogP contribution >= 0.6 is 0 Å². The quantitative estimate of drug-likeness (QED) is 0.697. The van der Waals surface area contributed by atoms with Gasteiger partial charge in [-0.25, -0.2) is 4.79 Å². The molecule has 0 aromatic rings. The lowest BCUT2D eigenvalue weighted by Gasteiger charge is -2.35. The van der Waals surface area contributed by atoms with Gasteiger partial charge in [0.15, 0.2) is 0 Å². The van der Waals surface area contributed by atoms with Gasteiger partial charge in [0.05, 0.1) is 5.60 Å². The number of likely N-dealkylation sites (tertiary alicyclic amines) is 1. The van der Waals surface area contributed by atoms with Gasteiger partial charge in [0, 0.05) is 19.6 Å². The second kappa shape index (κ2) is 4.64. The average molecular weight is 200 g/mol. The van der Waals surface area contributed by atoms with Crippen molar-refractivity contribution in [2.45, 2.75) is 38.7 Å². The van der Waals surface area contributed by atoms with Crippen molar-refractivity contribution in [2.75, 3.05) is 19.6 Å². The van der Waals surface area contributed by atoms with Gasteiger partial charge in [0.2, 0.25) is 0 Å². The van der Waals surface area contributed by atoms with Crippen molar-refractivity contribution in [2.24, 2.45) is 0 Å². The molecule has 1 fully saturated rings. The fourth-order valence-corrected chi connectivity index (χ4v) is 1.54. The number of amides is 2. The SMILES string of the molecule is CCCNC(=O)N1CCC(C)(O)CC1. The lowest BCUT2D eigenvalue weighted by Crippen LogP contribution is -2.48. The Morgan fingerprint density at radius 1 is 1.50 bits per heavy atom. The normalized spacial score (nSPS) is 20.6. The predicted octanol–water partition coefficient (Wildman–Crippen LogP) is 0.953. The topological polar surface area (TPSA) is 52.6 Å². The van der Waals surface area contributed by atoms with Gasteiger partial charge >= 0.3 is 6.03 Å². The summed E-state index contributed by atoms with van der Waals surface area (Å²) in [6, 6.07) is 0.00218. The van der Waals surface area contributed by atoms with E-state index in [1.165, 1.54) is 0 Å². The number of carbonyl (C=O) groups is 1. The zero-order valence-electron chi connectivity index (χ0n) is 9.05. The molecule has 4 heteroatoms. The van der Waals surface area contributed by atoms with E-state index in [9.17, 15) is 9.90 Å². The highest BCUT2D eigenvalue weighted by Crippen LogP contribution is 2.20. The van der Waals surface area contributed by atoms with Crippen molar-refractivity contribution in [3.05, 3.63) is 0 Å². The van der Waals surface area contributed by atoms with E-state index in [2.05, 4.69) is 5.32 Å². The first kappa shape index (κ1) is 11.3. The molecule has 0 saturated carbocycles. The zero-order chi connectivity index (χ0) is 10.6. The maximum atomic E-state index is 11.5. The van der Waals surface area contributed by atoms with E-state index in [0.717, 1.165) is 13.0 Å². The fourth-order valence-electron chi connectivity index (χ4n) is 1.54. The summed E-state index contributed by atoms with van der Waals surface area (Å²) in [7, 11) is 0. The third kappa shape index (κ3) is 3.18. The van der Waals surface area contributed by atoms with Gasteiger partial charge in [0.1, 0.15) is 0 Å². The monoisotopic (exact) mass is 200 g/mol. The molecule has 2 amide bonds. The Kier molecular flexibility index (Phi) is 3.75. The third-order valence-electron chi connectivity index (χ3n) is 2.65. The highest BCUT2D eigenvalue weighted by molar-refractivity contribution is 5.74. The van der Waals surface area contributed by atoms with Crippen LogP contribution in [0.3, 0.4) is 0 Å². The standard InChI is InChI=1S/C10H20N2O2/c1-3-6-11-9(13)12-7-4-10(2,14)5-8-12/h14H,3-8H2,1-2H3,(H,11,13). The second-order valence-electron chi connectivity index (χ2n) is 4.22. The van der Waals surface area contributed by atoms with Crippen LogP contribution in [0.15, 0.2) is 0 Å². The molecule has 1 rings (SSSR count). The number of hydrogen-bond donors (Lipinski definition) is 2. The van der Waals surface area contributed by atoms with Crippen LogP contribution in [-0.2, 0) is 0 Å². The molecular formula is C10H20N2O2. The number of urea groups is 1. The molecule has 0 atom stereocenters. The molecule has 1 aliphatic rings. The minimum absolute atomic E-state index is 0.00218. The molecule has 0 aromatic carbocycles. The summed E-state index contributed by atoms with van der Waals surface area (Å²) in [5, 5.41) is 12.5. The van der Waals surface area contributed by atoms with Gasteiger partial charge in [-0.1, -0.05) is 6.92 Å².